The molecule has 0 radical (unpaired) electrons. The molecule has 1 atom stereocenters. The number of hydrogen-bond acceptors (Lipinski definition) is 6. The Hall–Kier alpha value is -4.57. The number of halogens is 1. The van der Waals surface area contributed by atoms with Gasteiger partial charge < -0.3 is 10.2 Å². The lowest BCUT2D eigenvalue weighted by molar-refractivity contribution is -0.122. The summed E-state index contributed by atoms with van der Waals surface area (Å²) in [6, 6.07) is 14.8. The lowest BCUT2D eigenvalue weighted by Crippen LogP contribution is -2.28. The Morgan fingerprint density at radius 2 is 1.85 bits per heavy atom. The maximum absolute atomic E-state index is 13.3. The Morgan fingerprint density at radius 1 is 1.05 bits per heavy atom. The fourth-order valence-corrected chi connectivity index (χ4v) is 5.00. The molecule has 1 aliphatic heterocycles. The Labute approximate surface area is 229 Å². The van der Waals surface area contributed by atoms with Crippen LogP contribution in [0.2, 0.25) is 5.02 Å². The number of amides is 2. The SMILES string of the molecule is Cc1cc(NC(=O)C2CC(=O)N(c3ccc(Cl)cc3)C2)n(-c2ncnc3c2cnn3-c2cccc(C)c2C)n1. The molecule has 1 fully saturated rings. The smallest absolute Gasteiger partial charge is 0.230 e. The van der Waals surface area contributed by atoms with Crippen LogP contribution in [0.1, 0.15) is 23.2 Å². The van der Waals surface area contributed by atoms with E-state index in [0.717, 1.165) is 16.8 Å². The minimum absolute atomic E-state index is 0.112. The molecular weight excluding hydrogens is 516 g/mol. The van der Waals surface area contributed by atoms with Gasteiger partial charge in [0.2, 0.25) is 11.8 Å². The zero-order valence-corrected chi connectivity index (χ0v) is 22.3. The number of carbonyl (C=O) groups excluding carboxylic acids is 2. The average molecular weight is 541 g/mol. The normalized spacial score (nSPS) is 15.3. The highest BCUT2D eigenvalue weighted by Gasteiger charge is 2.35. The third-order valence-electron chi connectivity index (χ3n) is 7.07. The molecule has 0 aliphatic carbocycles. The Bertz CT molecular complexity index is 1740. The first-order valence-corrected chi connectivity index (χ1v) is 12.9. The number of benzene rings is 2. The van der Waals surface area contributed by atoms with E-state index in [1.54, 1.807) is 50.8 Å². The lowest BCUT2D eigenvalue weighted by atomic mass is 10.1. The average Bonchev–Trinajstić information content (AvgIpc) is 3.63. The molecule has 0 bridgehead atoms. The summed E-state index contributed by atoms with van der Waals surface area (Å²) < 4.78 is 3.37. The first kappa shape index (κ1) is 24.7. The summed E-state index contributed by atoms with van der Waals surface area (Å²) >= 11 is 5.98. The van der Waals surface area contributed by atoms with Crippen molar-refractivity contribution in [3.63, 3.8) is 0 Å². The van der Waals surface area contributed by atoms with Gasteiger partial charge in [-0.2, -0.15) is 14.9 Å². The summed E-state index contributed by atoms with van der Waals surface area (Å²) in [5.41, 5.74) is 5.21. The summed E-state index contributed by atoms with van der Waals surface area (Å²) in [6.07, 6.45) is 3.28. The molecule has 2 amide bonds. The molecule has 1 N–H and O–H groups in total. The molecular formula is C28H25ClN8O2. The maximum atomic E-state index is 13.3. The third-order valence-corrected chi connectivity index (χ3v) is 7.32. The summed E-state index contributed by atoms with van der Waals surface area (Å²) in [5, 5.41) is 13.4. The van der Waals surface area contributed by atoms with Crippen LogP contribution in [0.15, 0.2) is 61.1 Å². The van der Waals surface area contributed by atoms with Crippen LogP contribution in [0.5, 0.6) is 0 Å². The van der Waals surface area contributed by atoms with Crippen LogP contribution in [0.3, 0.4) is 0 Å². The van der Waals surface area contributed by atoms with Gasteiger partial charge in [0.25, 0.3) is 0 Å². The van der Waals surface area contributed by atoms with Crippen molar-refractivity contribution in [3.05, 3.63) is 82.9 Å². The van der Waals surface area contributed by atoms with Gasteiger partial charge in [-0.05, 0) is 62.2 Å². The summed E-state index contributed by atoms with van der Waals surface area (Å²) in [6.45, 7) is 6.22. The molecule has 0 spiro atoms. The fraction of sp³-hybridized carbons (Fsp3) is 0.214. The van der Waals surface area contributed by atoms with Crippen molar-refractivity contribution < 1.29 is 9.59 Å². The molecule has 1 unspecified atom stereocenters. The van der Waals surface area contributed by atoms with Crippen molar-refractivity contribution in [1.82, 2.24) is 29.5 Å². The van der Waals surface area contributed by atoms with E-state index in [1.807, 2.05) is 26.0 Å². The molecule has 0 saturated carbocycles. The van der Waals surface area contributed by atoms with E-state index in [4.69, 9.17) is 11.6 Å². The van der Waals surface area contributed by atoms with E-state index in [9.17, 15) is 9.59 Å². The lowest BCUT2D eigenvalue weighted by Gasteiger charge is -2.17. The first-order chi connectivity index (χ1) is 18.8. The summed E-state index contributed by atoms with van der Waals surface area (Å²) in [4.78, 5) is 36.6. The third kappa shape index (κ3) is 4.42. The largest absolute Gasteiger partial charge is 0.312 e. The van der Waals surface area contributed by atoms with Crippen LogP contribution < -0.4 is 10.2 Å². The molecule has 3 aromatic heterocycles. The highest BCUT2D eigenvalue weighted by atomic mass is 35.5. The van der Waals surface area contributed by atoms with Gasteiger partial charge in [0.05, 0.1) is 28.9 Å². The molecule has 10 nitrogen and oxygen atoms in total. The highest BCUT2D eigenvalue weighted by molar-refractivity contribution is 6.30. The second kappa shape index (κ2) is 9.63. The summed E-state index contributed by atoms with van der Waals surface area (Å²) in [5.74, 6) is 0.0461. The van der Waals surface area contributed by atoms with Gasteiger partial charge in [0.15, 0.2) is 11.5 Å². The molecule has 1 aliphatic rings. The zero-order chi connectivity index (χ0) is 27.3. The molecule has 11 heteroatoms. The topological polar surface area (TPSA) is 111 Å². The van der Waals surface area contributed by atoms with Crippen molar-refractivity contribution in [1.29, 1.82) is 0 Å². The van der Waals surface area contributed by atoms with Crippen LogP contribution in [0.4, 0.5) is 11.5 Å². The van der Waals surface area contributed by atoms with Gasteiger partial charge in [-0.15, -0.1) is 0 Å². The van der Waals surface area contributed by atoms with Crippen molar-refractivity contribution in [2.45, 2.75) is 27.2 Å². The minimum atomic E-state index is -0.519. The van der Waals surface area contributed by atoms with Gasteiger partial charge in [-0.3, -0.25) is 9.59 Å². The molecule has 6 rings (SSSR count). The highest BCUT2D eigenvalue weighted by Crippen LogP contribution is 2.29. The van der Waals surface area contributed by atoms with Crippen LogP contribution >= 0.6 is 11.6 Å². The summed E-state index contributed by atoms with van der Waals surface area (Å²) in [7, 11) is 0. The van der Waals surface area contributed by atoms with Gasteiger partial charge in [0, 0.05) is 29.7 Å². The minimum Gasteiger partial charge on any atom is -0.312 e. The van der Waals surface area contributed by atoms with Crippen LogP contribution in [-0.2, 0) is 9.59 Å². The monoisotopic (exact) mass is 540 g/mol. The van der Waals surface area contributed by atoms with E-state index < -0.39 is 5.92 Å². The number of hydrogen-bond donors (Lipinski definition) is 1. The second-order valence-electron chi connectivity index (χ2n) is 9.66. The first-order valence-electron chi connectivity index (χ1n) is 12.5. The van der Waals surface area contributed by atoms with Gasteiger partial charge in [-0.1, -0.05) is 23.7 Å². The van der Waals surface area contributed by atoms with Gasteiger partial charge >= 0.3 is 0 Å². The predicted octanol–water partition coefficient (Wildman–Crippen LogP) is 4.57. The number of aryl methyl sites for hydroxylation is 2. The maximum Gasteiger partial charge on any atom is 0.230 e. The van der Waals surface area contributed by atoms with E-state index in [2.05, 4.69) is 38.5 Å². The predicted molar refractivity (Wildman–Crippen MR) is 149 cm³/mol. The van der Waals surface area contributed by atoms with Gasteiger partial charge in [-0.25, -0.2) is 14.6 Å². The van der Waals surface area contributed by atoms with Crippen LogP contribution in [0, 0.1) is 26.7 Å². The van der Waals surface area contributed by atoms with Crippen molar-refractivity contribution >= 4 is 46.0 Å². The van der Waals surface area contributed by atoms with Gasteiger partial charge in [0.1, 0.15) is 12.1 Å². The molecule has 1 saturated heterocycles. The molecule has 4 heterocycles. The van der Waals surface area contributed by atoms with Crippen molar-refractivity contribution in [2.75, 3.05) is 16.8 Å². The number of carbonyl (C=O) groups is 2. The van der Waals surface area contributed by atoms with Crippen molar-refractivity contribution in [2.24, 2.45) is 5.92 Å². The fourth-order valence-electron chi connectivity index (χ4n) is 4.87. The second-order valence-corrected chi connectivity index (χ2v) is 10.1. The zero-order valence-electron chi connectivity index (χ0n) is 21.6. The number of rotatable bonds is 5. The molecule has 39 heavy (non-hydrogen) atoms. The van der Waals surface area contributed by atoms with Crippen LogP contribution in [-0.4, -0.2) is 47.9 Å². The molecule has 2 aromatic carbocycles. The van der Waals surface area contributed by atoms with E-state index in [-0.39, 0.29) is 24.8 Å². The number of anilines is 2. The Balaban J connectivity index is 1.30. The van der Waals surface area contributed by atoms with E-state index >= 15 is 0 Å². The standard InChI is InChI=1S/C28H25ClN8O2/c1-16-5-4-6-23(18(16)3)36-26-22(13-32-36)27(31-15-30-26)37-24(11-17(2)34-37)33-28(39)19-12-25(38)35(14-19)21-9-7-20(29)8-10-21/h4-11,13,15,19H,12,14H2,1-3H3,(H,33,39). The number of aromatic nitrogens is 6. The van der Waals surface area contributed by atoms with E-state index in [1.165, 1.54) is 6.33 Å². The van der Waals surface area contributed by atoms with Crippen LogP contribution in [0.25, 0.3) is 22.5 Å². The number of nitrogens with one attached hydrogen (secondary N) is 1. The quantitative estimate of drug-likeness (QED) is 0.349. The number of nitrogens with zero attached hydrogens (tertiary/aromatic N) is 7. The Morgan fingerprint density at radius 3 is 2.64 bits per heavy atom. The number of fused-ring (bicyclic) bond motifs is 1. The Kier molecular flexibility index (Phi) is 6.11. The molecule has 5 aromatic rings. The van der Waals surface area contributed by atoms with Crippen molar-refractivity contribution in [3.8, 4) is 11.5 Å². The molecule has 196 valence electrons. The van der Waals surface area contributed by atoms with E-state index in [0.29, 0.717) is 39.1 Å².